The molecular formula is C23H45IN6O2. The lowest BCUT2D eigenvalue weighted by molar-refractivity contribution is 0.00694. The molecule has 0 atom stereocenters. The summed E-state index contributed by atoms with van der Waals surface area (Å²) >= 11 is 0. The van der Waals surface area contributed by atoms with Gasteiger partial charge in [0, 0.05) is 25.2 Å². The van der Waals surface area contributed by atoms with E-state index in [1.54, 1.807) is 4.90 Å². The normalized spacial score (nSPS) is 23.2. The molecular weight excluding hydrogens is 519 g/mol. The highest BCUT2D eigenvalue weighted by atomic mass is 127. The molecule has 9 heteroatoms. The predicted molar refractivity (Wildman–Crippen MR) is 141 cm³/mol. The summed E-state index contributed by atoms with van der Waals surface area (Å²) in [5, 5.41) is 6.94. The van der Waals surface area contributed by atoms with Crippen LogP contribution in [0, 0.1) is 0 Å². The molecule has 3 saturated heterocycles. The highest BCUT2D eigenvalue weighted by molar-refractivity contribution is 14.0. The van der Waals surface area contributed by atoms with E-state index in [2.05, 4.69) is 34.4 Å². The van der Waals surface area contributed by atoms with Crippen molar-refractivity contribution in [1.82, 2.24) is 25.3 Å². The van der Waals surface area contributed by atoms with E-state index in [0.717, 1.165) is 32.1 Å². The zero-order valence-corrected chi connectivity index (χ0v) is 23.1. The van der Waals surface area contributed by atoms with Gasteiger partial charge in [0.05, 0.1) is 12.6 Å². The molecule has 0 aliphatic carbocycles. The number of aliphatic imine (C=N–C) groups is 1. The minimum atomic E-state index is -0.456. The fraction of sp³-hybridized carbons (Fsp3) is 0.913. The van der Waals surface area contributed by atoms with Crippen LogP contribution in [-0.2, 0) is 4.74 Å². The van der Waals surface area contributed by atoms with Gasteiger partial charge in [-0.15, -0.1) is 24.0 Å². The van der Waals surface area contributed by atoms with E-state index in [1.807, 2.05) is 20.8 Å². The molecule has 2 N–H and O–H groups in total. The number of piperidine rings is 2. The lowest BCUT2D eigenvalue weighted by atomic mass is 9.84. The van der Waals surface area contributed by atoms with Crippen LogP contribution < -0.4 is 10.6 Å². The Hall–Kier alpha value is -0.810. The maximum atomic E-state index is 12.2. The number of halogens is 1. The Morgan fingerprint density at radius 3 is 2.28 bits per heavy atom. The lowest BCUT2D eigenvalue weighted by Crippen LogP contribution is -2.63. The quantitative estimate of drug-likeness (QED) is 0.304. The van der Waals surface area contributed by atoms with Crippen molar-refractivity contribution in [2.75, 3.05) is 59.4 Å². The minimum Gasteiger partial charge on any atom is -0.444 e. The lowest BCUT2D eigenvalue weighted by Gasteiger charge is -2.49. The van der Waals surface area contributed by atoms with E-state index < -0.39 is 5.60 Å². The van der Waals surface area contributed by atoms with Gasteiger partial charge in [0.1, 0.15) is 5.60 Å². The molecule has 0 unspecified atom stereocenters. The largest absolute Gasteiger partial charge is 0.444 e. The second kappa shape index (κ2) is 12.1. The van der Waals surface area contributed by atoms with Crippen molar-refractivity contribution in [3.05, 3.63) is 0 Å². The van der Waals surface area contributed by atoms with Gasteiger partial charge in [0.15, 0.2) is 5.96 Å². The average Bonchev–Trinajstić information content (AvgIpc) is 2.69. The van der Waals surface area contributed by atoms with Crippen molar-refractivity contribution in [2.45, 2.75) is 77.0 Å². The number of carbonyl (C=O) groups is 1. The zero-order valence-electron chi connectivity index (χ0n) is 20.8. The number of rotatable bonds is 5. The molecule has 8 nitrogen and oxygen atoms in total. The van der Waals surface area contributed by atoms with Gasteiger partial charge in [0.2, 0.25) is 0 Å². The van der Waals surface area contributed by atoms with Crippen LogP contribution in [0.3, 0.4) is 0 Å². The summed E-state index contributed by atoms with van der Waals surface area (Å²) in [5.41, 5.74) is -0.278. The molecule has 3 heterocycles. The molecule has 0 radical (unpaired) electrons. The van der Waals surface area contributed by atoms with E-state index in [9.17, 15) is 4.79 Å². The monoisotopic (exact) mass is 564 g/mol. The molecule has 0 aromatic carbocycles. The van der Waals surface area contributed by atoms with Crippen LogP contribution in [0.1, 0.15) is 59.8 Å². The predicted octanol–water partition coefficient (Wildman–Crippen LogP) is 2.73. The summed E-state index contributed by atoms with van der Waals surface area (Å²) in [6.45, 7) is 15.5. The Labute approximate surface area is 211 Å². The first kappa shape index (κ1) is 27.4. The summed E-state index contributed by atoms with van der Waals surface area (Å²) in [7, 11) is 2.22. The third kappa shape index (κ3) is 7.62. The Kier molecular flexibility index (Phi) is 10.3. The number of nitrogens with zero attached hydrogens (tertiary/aromatic N) is 4. The van der Waals surface area contributed by atoms with E-state index >= 15 is 0 Å². The molecule has 0 bridgehead atoms. The average molecular weight is 565 g/mol. The third-order valence-electron chi connectivity index (χ3n) is 6.69. The Balaban J connectivity index is 0.00000363. The van der Waals surface area contributed by atoms with Gasteiger partial charge in [-0.1, -0.05) is 6.42 Å². The maximum absolute atomic E-state index is 12.2. The van der Waals surface area contributed by atoms with Gasteiger partial charge in [-0.05, 0) is 86.6 Å². The molecule has 3 aliphatic rings. The highest BCUT2D eigenvalue weighted by Gasteiger charge is 2.40. The summed E-state index contributed by atoms with van der Waals surface area (Å²) in [5.74, 6) is 0.867. The topological polar surface area (TPSA) is 72.4 Å². The van der Waals surface area contributed by atoms with E-state index in [4.69, 9.17) is 9.73 Å². The molecule has 0 aromatic rings. The number of ether oxygens (including phenoxy) is 1. The standard InChI is InChI=1S/C23H44N6O2.HI/c1-6-24-20(26-19-16-28(17-19)21(30)31-22(2,3)4)25-18-23(10-14-27(5)15-11-23)29-12-8-7-9-13-29;/h19H,6-18H2,1-5H3,(H2,24,25,26);1H. The van der Waals surface area contributed by atoms with Crippen molar-refractivity contribution >= 4 is 36.0 Å². The number of likely N-dealkylation sites (tertiary alicyclic amines) is 3. The van der Waals surface area contributed by atoms with E-state index in [-0.39, 0.29) is 41.7 Å². The first-order valence-corrected chi connectivity index (χ1v) is 12.2. The number of amides is 1. The van der Waals surface area contributed by atoms with Crippen LogP contribution in [0.2, 0.25) is 0 Å². The first-order valence-electron chi connectivity index (χ1n) is 12.2. The number of nitrogens with one attached hydrogen (secondary N) is 2. The zero-order chi connectivity index (χ0) is 22.5. The number of guanidine groups is 1. The van der Waals surface area contributed by atoms with Crippen molar-refractivity contribution < 1.29 is 9.53 Å². The van der Waals surface area contributed by atoms with Crippen LogP contribution in [0.15, 0.2) is 4.99 Å². The van der Waals surface area contributed by atoms with E-state index in [0.29, 0.717) is 13.1 Å². The highest BCUT2D eigenvalue weighted by Crippen LogP contribution is 2.31. The molecule has 0 saturated carbocycles. The van der Waals surface area contributed by atoms with Gasteiger partial charge in [-0.2, -0.15) is 0 Å². The van der Waals surface area contributed by atoms with Gasteiger partial charge < -0.3 is 25.2 Å². The van der Waals surface area contributed by atoms with Crippen molar-refractivity contribution in [3.8, 4) is 0 Å². The molecule has 186 valence electrons. The SMILES string of the molecule is CCNC(=NCC1(N2CCCCC2)CCN(C)CC1)NC1CN(C(=O)OC(C)(C)C)C1.I. The molecule has 1 amide bonds. The first-order chi connectivity index (χ1) is 14.7. The second-order valence-electron chi connectivity index (χ2n) is 10.5. The molecule has 32 heavy (non-hydrogen) atoms. The summed E-state index contributed by atoms with van der Waals surface area (Å²) < 4.78 is 5.46. The van der Waals surface area contributed by atoms with Crippen LogP contribution in [0.4, 0.5) is 4.79 Å². The fourth-order valence-electron chi connectivity index (χ4n) is 4.76. The van der Waals surface area contributed by atoms with Crippen LogP contribution in [0.25, 0.3) is 0 Å². The fourth-order valence-corrected chi connectivity index (χ4v) is 4.76. The third-order valence-corrected chi connectivity index (χ3v) is 6.69. The molecule has 3 aliphatic heterocycles. The summed E-state index contributed by atoms with van der Waals surface area (Å²) in [6.07, 6.45) is 6.10. The van der Waals surface area contributed by atoms with Crippen molar-refractivity contribution in [3.63, 3.8) is 0 Å². The van der Waals surface area contributed by atoms with Gasteiger partial charge in [-0.25, -0.2) is 4.79 Å². The molecule has 3 fully saturated rings. The molecule has 3 rings (SSSR count). The van der Waals surface area contributed by atoms with Gasteiger partial charge in [0.25, 0.3) is 0 Å². The number of hydrogen-bond donors (Lipinski definition) is 2. The summed E-state index contributed by atoms with van der Waals surface area (Å²) in [4.78, 5) is 24.2. The Morgan fingerprint density at radius 2 is 1.72 bits per heavy atom. The van der Waals surface area contributed by atoms with E-state index in [1.165, 1.54) is 45.2 Å². The number of hydrogen-bond acceptors (Lipinski definition) is 5. The van der Waals surface area contributed by atoms with Crippen molar-refractivity contribution in [1.29, 1.82) is 0 Å². The van der Waals surface area contributed by atoms with Crippen LogP contribution >= 0.6 is 24.0 Å². The van der Waals surface area contributed by atoms with Crippen LogP contribution in [-0.4, -0.2) is 103 Å². The number of carbonyl (C=O) groups excluding carboxylic acids is 1. The molecule has 0 aromatic heterocycles. The second-order valence-corrected chi connectivity index (χ2v) is 10.5. The smallest absolute Gasteiger partial charge is 0.410 e. The maximum Gasteiger partial charge on any atom is 0.410 e. The Morgan fingerprint density at radius 1 is 1.09 bits per heavy atom. The van der Waals surface area contributed by atoms with Crippen LogP contribution in [0.5, 0.6) is 0 Å². The summed E-state index contributed by atoms with van der Waals surface area (Å²) in [6, 6.07) is 0.216. The van der Waals surface area contributed by atoms with Gasteiger partial charge >= 0.3 is 6.09 Å². The minimum absolute atomic E-state index is 0. The molecule has 0 spiro atoms. The van der Waals surface area contributed by atoms with Crippen molar-refractivity contribution in [2.24, 2.45) is 4.99 Å². The Bertz CT molecular complexity index is 618. The van der Waals surface area contributed by atoms with Gasteiger partial charge in [-0.3, -0.25) is 9.89 Å².